The fourth-order valence-corrected chi connectivity index (χ4v) is 1.79. The van der Waals surface area contributed by atoms with Gasteiger partial charge in [-0.2, -0.15) is 0 Å². The molecule has 0 fully saturated rings. The summed E-state index contributed by atoms with van der Waals surface area (Å²) in [5, 5.41) is 2.86. The van der Waals surface area contributed by atoms with Crippen LogP contribution in [0.15, 0.2) is 30.3 Å². The minimum Gasteiger partial charge on any atom is -0.384 e. The van der Waals surface area contributed by atoms with Crippen LogP contribution in [-0.4, -0.2) is 31.0 Å². The summed E-state index contributed by atoms with van der Waals surface area (Å²) in [7, 11) is 1.66. The Balaban J connectivity index is 2.26. The highest BCUT2D eigenvalue weighted by molar-refractivity contribution is 9.09. The van der Waals surface area contributed by atoms with E-state index in [1.165, 1.54) is 0 Å². The van der Waals surface area contributed by atoms with Crippen molar-refractivity contribution in [2.45, 2.75) is 11.2 Å². The maximum absolute atomic E-state index is 11.6. The molecule has 0 saturated heterocycles. The predicted molar refractivity (Wildman–Crippen MR) is 68.0 cm³/mol. The largest absolute Gasteiger partial charge is 0.384 e. The molecule has 0 heterocycles. The van der Waals surface area contributed by atoms with E-state index < -0.39 is 0 Å². The molecule has 3 nitrogen and oxygen atoms in total. The summed E-state index contributed by atoms with van der Waals surface area (Å²) < 4.78 is 4.99. The second-order valence-corrected chi connectivity index (χ2v) is 4.76. The van der Waals surface area contributed by atoms with E-state index in [9.17, 15) is 4.79 Å². The first-order valence-corrected chi connectivity index (χ1v) is 6.12. The van der Waals surface area contributed by atoms with Crippen molar-refractivity contribution < 1.29 is 9.53 Å². The minimum absolute atomic E-state index is 0.0299. The Hall–Kier alpha value is -0.870. The zero-order chi connectivity index (χ0) is 11.8. The normalized spacial score (nSPS) is 12.1. The summed E-state index contributed by atoms with van der Waals surface area (Å²) >= 11 is 3.47. The van der Waals surface area contributed by atoms with E-state index in [0.29, 0.717) is 18.7 Å². The van der Waals surface area contributed by atoms with Crippen LogP contribution in [0.1, 0.15) is 16.8 Å². The molecule has 0 aromatic heterocycles. The van der Waals surface area contributed by atoms with Crippen molar-refractivity contribution in [1.29, 1.82) is 0 Å². The fraction of sp³-hybridized carbons (Fsp3) is 0.417. The van der Waals surface area contributed by atoms with Crippen LogP contribution < -0.4 is 5.32 Å². The average Bonchev–Trinajstić information content (AvgIpc) is 2.30. The van der Waals surface area contributed by atoms with Crippen molar-refractivity contribution in [3.05, 3.63) is 35.9 Å². The Kier molecular flexibility index (Phi) is 6.11. The molecule has 0 bridgehead atoms. The number of methoxy groups -OCH3 is 1. The molecule has 1 unspecified atom stereocenters. The molecule has 0 aliphatic carbocycles. The number of carbonyl (C=O) groups is 1. The molecule has 0 radical (unpaired) electrons. The molecule has 1 atom stereocenters. The molecule has 1 amide bonds. The van der Waals surface area contributed by atoms with E-state index >= 15 is 0 Å². The van der Waals surface area contributed by atoms with Gasteiger partial charge in [0, 0.05) is 24.0 Å². The first-order valence-electron chi connectivity index (χ1n) is 5.20. The summed E-state index contributed by atoms with van der Waals surface area (Å²) in [5.41, 5.74) is 0.695. The van der Waals surface area contributed by atoms with Crippen molar-refractivity contribution in [2.75, 3.05) is 20.3 Å². The first-order chi connectivity index (χ1) is 7.74. The topological polar surface area (TPSA) is 38.3 Å². The Labute approximate surface area is 104 Å². The van der Waals surface area contributed by atoms with E-state index in [0.717, 1.165) is 6.42 Å². The molecule has 88 valence electrons. The van der Waals surface area contributed by atoms with E-state index in [-0.39, 0.29) is 10.7 Å². The Morgan fingerprint density at radius 1 is 1.44 bits per heavy atom. The van der Waals surface area contributed by atoms with E-state index in [4.69, 9.17) is 4.74 Å². The van der Waals surface area contributed by atoms with Gasteiger partial charge < -0.3 is 10.1 Å². The lowest BCUT2D eigenvalue weighted by Gasteiger charge is -2.09. The van der Waals surface area contributed by atoms with Gasteiger partial charge in [-0.3, -0.25) is 4.79 Å². The van der Waals surface area contributed by atoms with Crippen LogP contribution in [0, 0.1) is 0 Å². The Morgan fingerprint density at radius 3 is 2.75 bits per heavy atom. The van der Waals surface area contributed by atoms with E-state index in [1.807, 2.05) is 18.2 Å². The molecule has 1 N–H and O–H groups in total. The molecular formula is C12H16BrNO2. The lowest BCUT2D eigenvalue weighted by molar-refractivity contribution is 0.0952. The second-order valence-electron chi connectivity index (χ2n) is 3.46. The van der Waals surface area contributed by atoms with Crippen molar-refractivity contribution >= 4 is 21.8 Å². The molecule has 0 aliphatic heterocycles. The fourth-order valence-electron chi connectivity index (χ4n) is 1.30. The van der Waals surface area contributed by atoms with Gasteiger partial charge in [-0.15, -0.1) is 0 Å². The van der Waals surface area contributed by atoms with Gasteiger partial charge in [-0.1, -0.05) is 34.1 Å². The number of nitrogens with one attached hydrogen (secondary N) is 1. The number of benzene rings is 1. The number of amides is 1. The van der Waals surface area contributed by atoms with Gasteiger partial charge in [-0.05, 0) is 18.6 Å². The van der Waals surface area contributed by atoms with Crippen molar-refractivity contribution in [3.63, 3.8) is 0 Å². The number of rotatable bonds is 6. The van der Waals surface area contributed by atoms with Crippen molar-refractivity contribution in [2.24, 2.45) is 0 Å². The number of halogens is 1. The van der Waals surface area contributed by atoms with Gasteiger partial charge in [0.1, 0.15) is 0 Å². The van der Waals surface area contributed by atoms with Crippen LogP contribution >= 0.6 is 15.9 Å². The molecule has 1 rings (SSSR count). The third-order valence-corrected chi connectivity index (χ3v) is 2.85. The van der Waals surface area contributed by atoms with Crippen molar-refractivity contribution in [3.8, 4) is 0 Å². The monoisotopic (exact) mass is 285 g/mol. The second kappa shape index (κ2) is 7.41. The zero-order valence-corrected chi connectivity index (χ0v) is 10.9. The summed E-state index contributed by atoms with van der Waals surface area (Å²) in [6.07, 6.45) is 0.854. The van der Waals surface area contributed by atoms with E-state index in [2.05, 4.69) is 21.2 Å². The van der Waals surface area contributed by atoms with Crippen LogP contribution in [0.3, 0.4) is 0 Å². The van der Waals surface area contributed by atoms with Gasteiger partial charge in [0.15, 0.2) is 0 Å². The predicted octanol–water partition coefficient (Wildman–Crippen LogP) is 2.22. The van der Waals surface area contributed by atoms with Crippen LogP contribution in [0.25, 0.3) is 0 Å². The Bertz CT molecular complexity index is 316. The summed E-state index contributed by atoms with van der Waals surface area (Å²) in [6, 6.07) is 9.20. The van der Waals surface area contributed by atoms with Gasteiger partial charge >= 0.3 is 0 Å². The number of ether oxygens (including phenoxy) is 1. The lowest BCUT2D eigenvalue weighted by atomic mass is 10.2. The highest BCUT2D eigenvalue weighted by Crippen LogP contribution is 2.04. The quantitative estimate of drug-likeness (QED) is 0.814. The molecule has 1 aromatic carbocycles. The molecule has 16 heavy (non-hydrogen) atoms. The average molecular weight is 286 g/mol. The number of hydrogen-bond donors (Lipinski definition) is 1. The van der Waals surface area contributed by atoms with Crippen LogP contribution in [0.2, 0.25) is 0 Å². The van der Waals surface area contributed by atoms with E-state index in [1.54, 1.807) is 19.2 Å². The van der Waals surface area contributed by atoms with Gasteiger partial charge in [0.05, 0.1) is 6.61 Å². The van der Waals surface area contributed by atoms with Crippen LogP contribution in [0.4, 0.5) is 0 Å². The van der Waals surface area contributed by atoms with Crippen LogP contribution in [-0.2, 0) is 4.74 Å². The smallest absolute Gasteiger partial charge is 0.251 e. The molecule has 1 aromatic rings. The molecule has 0 spiro atoms. The first kappa shape index (κ1) is 13.2. The highest BCUT2D eigenvalue weighted by atomic mass is 79.9. The Morgan fingerprint density at radius 2 is 2.12 bits per heavy atom. The third kappa shape index (κ3) is 4.77. The summed E-state index contributed by atoms with van der Waals surface area (Å²) in [4.78, 5) is 11.9. The van der Waals surface area contributed by atoms with Gasteiger partial charge in [0.25, 0.3) is 5.91 Å². The zero-order valence-electron chi connectivity index (χ0n) is 9.28. The number of alkyl halides is 1. The molecule has 0 saturated carbocycles. The summed E-state index contributed by atoms with van der Waals surface area (Å²) in [5.74, 6) is -0.0299. The van der Waals surface area contributed by atoms with Gasteiger partial charge in [-0.25, -0.2) is 0 Å². The third-order valence-electron chi connectivity index (χ3n) is 2.13. The minimum atomic E-state index is -0.0299. The number of carbonyl (C=O) groups excluding carboxylic acids is 1. The van der Waals surface area contributed by atoms with Crippen LogP contribution in [0.5, 0.6) is 0 Å². The van der Waals surface area contributed by atoms with Crippen molar-refractivity contribution in [1.82, 2.24) is 5.32 Å². The SMILES string of the molecule is COCC(Br)CCNC(=O)c1ccccc1. The van der Waals surface area contributed by atoms with Gasteiger partial charge in [0.2, 0.25) is 0 Å². The standard InChI is InChI=1S/C12H16BrNO2/c1-16-9-11(13)7-8-14-12(15)10-5-3-2-4-6-10/h2-6,11H,7-9H2,1H3,(H,14,15). The molecule has 0 aliphatic rings. The molecular weight excluding hydrogens is 270 g/mol. The lowest BCUT2D eigenvalue weighted by Crippen LogP contribution is -2.26. The highest BCUT2D eigenvalue weighted by Gasteiger charge is 2.06. The maximum Gasteiger partial charge on any atom is 0.251 e. The maximum atomic E-state index is 11.6. The molecule has 4 heteroatoms. The number of hydrogen-bond acceptors (Lipinski definition) is 2. The summed E-state index contributed by atoms with van der Waals surface area (Å²) in [6.45, 7) is 1.30.